The number of hydrogen-bond acceptors (Lipinski definition) is 3. The molecule has 1 amide bonds. The minimum atomic E-state index is -1.11. The molecule has 0 aliphatic carbocycles. The smallest absolute Gasteiger partial charge is 0.326 e. The summed E-state index contributed by atoms with van der Waals surface area (Å²) in [7, 11) is 0. The molecule has 0 saturated carbocycles. The largest absolute Gasteiger partial charge is 0.487 e. The van der Waals surface area contributed by atoms with E-state index in [1.54, 1.807) is 24.3 Å². The lowest BCUT2D eigenvalue weighted by molar-refractivity contribution is -0.139. The Hall–Kier alpha value is -3.54. The summed E-state index contributed by atoms with van der Waals surface area (Å²) in [4.78, 5) is 25.1. The summed E-state index contributed by atoms with van der Waals surface area (Å²) in [5.74, 6) is -1.28. The van der Waals surface area contributed by atoms with Crippen molar-refractivity contribution in [3.8, 4) is 5.75 Å². The van der Waals surface area contributed by atoms with Crippen LogP contribution >= 0.6 is 23.2 Å². The third kappa shape index (κ3) is 5.50. The third-order valence-electron chi connectivity index (χ3n) is 5.38. The Morgan fingerprint density at radius 3 is 2.32 bits per heavy atom. The molecule has 0 aliphatic rings. The van der Waals surface area contributed by atoms with E-state index in [4.69, 9.17) is 27.9 Å². The first-order valence-corrected chi connectivity index (χ1v) is 11.3. The summed E-state index contributed by atoms with van der Waals surface area (Å²) < 4.78 is 6.10. The molecule has 0 saturated heterocycles. The van der Waals surface area contributed by atoms with Gasteiger partial charge in [0.2, 0.25) is 0 Å². The third-order valence-corrected chi connectivity index (χ3v) is 6.12. The lowest BCUT2D eigenvalue weighted by Crippen LogP contribution is -2.42. The van der Waals surface area contributed by atoms with E-state index < -0.39 is 17.9 Å². The lowest BCUT2D eigenvalue weighted by atomic mass is 10.0. The number of rotatable bonds is 8. The Balaban J connectivity index is 1.63. The van der Waals surface area contributed by atoms with Crippen LogP contribution in [-0.2, 0) is 17.8 Å². The highest BCUT2D eigenvalue weighted by atomic mass is 35.5. The van der Waals surface area contributed by atoms with Crippen LogP contribution in [0.4, 0.5) is 0 Å². The quantitative estimate of drug-likeness (QED) is 0.308. The number of carboxylic acids is 1. The van der Waals surface area contributed by atoms with Gasteiger partial charge in [-0.05, 0) is 34.7 Å². The number of amides is 1. The molecule has 0 aliphatic heterocycles. The van der Waals surface area contributed by atoms with Gasteiger partial charge < -0.3 is 15.2 Å². The lowest BCUT2D eigenvalue weighted by Gasteiger charge is -2.18. The number of ether oxygens (including phenoxy) is 1. The zero-order valence-corrected chi connectivity index (χ0v) is 19.5. The van der Waals surface area contributed by atoms with E-state index in [9.17, 15) is 14.7 Å². The molecule has 2 N–H and O–H groups in total. The summed E-state index contributed by atoms with van der Waals surface area (Å²) in [6.45, 7) is 0.150. The molecule has 4 aromatic carbocycles. The second-order valence-corrected chi connectivity index (χ2v) is 8.57. The number of halogens is 2. The van der Waals surface area contributed by atoms with Crippen LogP contribution in [0.15, 0.2) is 84.9 Å². The van der Waals surface area contributed by atoms with Gasteiger partial charge in [-0.15, -0.1) is 0 Å². The van der Waals surface area contributed by atoms with Crippen molar-refractivity contribution in [2.45, 2.75) is 19.1 Å². The van der Waals surface area contributed by atoms with E-state index in [0.29, 0.717) is 15.8 Å². The molecular weight excluding hydrogens is 473 g/mol. The molecule has 1 unspecified atom stereocenters. The Morgan fingerprint density at radius 2 is 1.59 bits per heavy atom. The Kier molecular flexibility index (Phi) is 7.36. The highest BCUT2D eigenvalue weighted by Gasteiger charge is 2.24. The fraction of sp³-hybridized carbons (Fsp3) is 0.111. The topological polar surface area (TPSA) is 75.6 Å². The molecule has 0 aromatic heterocycles. The van der Waals surface area contributed by atoms with Gasteiger partial charge in [0.1, 0.15) is 18.4 Å². The molecule has 4 rings (SSSR count). The maximum Gasteiger partial charge on any atom is 0.326 e. The van der Waals surface area contributed by atoms with Crippen LogP contribution in [0.5, 0.6) is 5.75 Å². The van der Waals surface area contributed by atoms with Gasteiger partial charge in [0.05, 0.1) is 15.6 Å². The van der Waals surface area contributed by atoms with Gasteiger partial charge >= 0.3 is 5.97 Å². The summed E-state index contributed by atoms with van der Waals surface area (Å²) in [5, 5.41) is 14.8. The Bertz CT molecular complexity index is 1340. The first-order chi connectivity index (χ1) is 16.4. The predicted octanol–water partition coefficient (Wildman–Crippen LogP) is 6.15. The fourth-order valence-electron chi connectivity index (χ4n) is 3.65. The summed E-state index contributed by atoms with van der Waals surface area (Å²) in [6.07, 6.45) is 0.162. The van der Waals surface area contributed by atoms with Crippen LogP contribution in [0.1, 0.15) is 21.5 Å². The van der Waals surface area contributed by atoms with E-state index in [2.05, 4.69) is 5.32 Å². The van der Waals surface area contributed by atoms with Crippen LogP contribution in [0, 0.1) is 0 Å². The minimum Gasteiger partial charge on any atom is -0.487 e. The molecule has 0 radical (unpaired) electrons. The van der Waals surface area contributed by atoms with E-state index in [-0.39, 0.29) is 18.6 Å². The molecule has 5 nitrogen and oxygen atoms in total. The first kappa shape index (κ1) is 23.6. The number of hydrogen-bond donors (Lipinski definition) is 2. The Labute approximate surface area is 206 Å². The molecule has 4 aromatic rings. The van der Waals surface area contributed by atoms with Crippen molar-refractivity contribution in [3.05, 3.63) is 112 Å². The van der Waals surface area contributed by atoms with E-state index >= 15 is 0 Å². The van der Waals surface area contributed by atoms with Crippen molar-refractivity contribution in [2.24, 2.45) is 0 Å². The van der Waals surface area contributed by atoms with Gasteiger partial charge in [-0.2, -0.15) is 0 Å². The van der Waals surface area contributed by atoms with Gasteiger partial charge in [0, 0.05) is 11.8 Å². The van der Waals surface area contributed by atoms with Gasteiger partial charge in [-0.25, -0.2) is 4.79 Å². The monoisotopic (exact) mass is 493 g/mol. The highest BCUT2D eigenvalue weighted by Crippen LogP contribution is 2.31. The van der Waals surface area contributed by atoms with Gasteiger partial charge in [-0.1, -0.05) is 89.9 Å². The first-order valence-electron chi connectivity index (χ1n) is 10.6. The van der Waals surface area contributed by atoms with Crippen molar-refractivity contribution in [1.29, 1.82) is 0 Å². The van der Waals surface area contributed by atoms with Gasteiger partial charge in [0.25, 0.3) is 5.91 Å². The van der Waals surface area contributed by atoms with E-state index in [1.807, 2.05) is 60.7 Å². The summed E-state index contributed by atoms with van der Waals surface area (Å²) >= 11 is 12.1. The normalized spacial score (nSPS) is 11.7. The number of carboxylic acid groups (broad SMARTS) is 1. The minimum absolute atomic E-state index is 0.150. The van der Waals surface area contributed by atoms with E-state index in [0.717, 1.165) is 21.9 Å². The fourth-order valence-corrected chi connectivity index (χ4v) is 3.97. The van der Waals surface area contributed by atoms with Crippen molar-refractivity contribution in [1.82, 2.24) is 5.32 Å². The maximum absolute atomic E-state index is 13.2. The molecule has 34 heavy (non-hydrogen) atoms. The molecule has 0 fully saturated rings. The summed E-state index contributed by atoms with van der Waals surface area (Å²) in [5.41, 5.74) is 1.84. The number of aliphatic carboxylic acids is 1. The number of fused-ring (bicyclic) bond motifs is 1. The molecule has 7 heteroatoms. The highest BCUT2D eigenvalue weighted by molar-refractivity contribution is 6.42. The molecular formula is C27H21Cl2NO4. The average Bonchev–Trinajstić information content (AvgIpc) is 2.84. The standard InChI is InChI=1S/C27H21Cl2NO4/c28-22-13-10-18(14-23(22)29)16-34-25-20-9-5-4-8-19(20)11-12-21(25)26(31)30-24(27(32)33)15-17-6-2-1-3-7-17/h1-14,24H,15-16H2,(H,30,31)(H,32,33). The Morgan fingerprint density at radius 1 is 0.853 bits per heavy atom. The maximum atomic E-state index is 13.2. The van der Waals surface area contributed by atoms with Gasteiger partial charge in [0.15, 0.2) is 0 Å². The molecule has 0 bridgehead atoms. The summed E-state index contributed by atoms with van der Waals surface area (Å²) in [6, 6.07) is 24.2. The van der Waals surface area contributed by atoms with E-state index in [1.165, 1.54) is 0 Å². The van der Waals surface area contributed by atoms with Crippen molar-refractivity contribution in [2.75, 3.05) is 0 Å². The zero-order chi connectivity index (χ0) is 24.1. The zero-order valence-electron chi connectivity index (χ0n) is 18.0. The van der Waals surface area contributed by atoms with Gasteiger partial charge in [-0.3, -0.25) is 4.79 Å². The average molecular weight is 494 g/mol. The van der Waals surface area contributed by atoms with Crippen LogP contribution in [0.2, 0.25) is 10.0 Å². The molecule has 0 heterocycles. The van der Waals surface area contributed by atoms with Crippen LogP contribution < -0.4 is 10.1 Å². The molecule has 1 atom stereocenters. The molecule has 172 valence electrons. The number of benzene rings is 4. The van der Waals surface area contributed by atoms with Crippen LogP contribution in [0.25, 0.3) is 10.8 Å². The second-order valence-electron chi connectivity index (χ2n) is 7.75. The second kappa shape index (κ2) is 10.6. The van der Waals surface area contributed by atoms with Crippen molar-refractivity contribution in [3.63, 3.8) is 0 Å². The predicted molar refractivity (Wildman–Crippen MR) is 134 cm³/mol. The number of carbonyl (C=O) groups is 2. The SMILES string of the molecule is O=C(NC(Cc1ccccc1)C(=O)O)c1ccc2ccccc2c1OCc1ccc(Cl)c(Cl)c1. The van der Waals surface area contributed by atoms with Crippen LogP contribution in [-0.4, -0.2) is 23.0 Å². The molecule has 0 spiro atoms. The van der Waals surface area contributed by atoms with Crippen molar-refractivity contribution < 1.29 is 19.4 Å². The number of carbonyl (C=O) groups excluding carboxylic acids is 1. The van der Waals surface area contributed by atoms with Crippen molar-refractivity contribution >= 4 is 45.9 Å². The number of nitrogens with one attached hydrogen (secondary N) is 1. The van der Waals surface area contributed by atoms with Crippen LogP contribution in [0.3, 0.4) is 0 Å².